The zero-order valence-corrected chi connectivity index (χ0v) is 11.3. The summed E-state index contributed by atoms with van der Waals surface area (Å²) in [5.41, 5.74) is 2.16. The summed E-state index contributed by atoms with van der Waals surface area (Å²) >= 11 is 1.37. The lowest BCUT2D eigenvalue weighted by atomic mass is 10.1. The van der Waals surface area contributed by atoms with Gasteiger partial charge in [0.25, 0.3) is 0 Å². The predicted molar refractivity (Wildman–Crippen MR) is 69.0 cm³/mol. The molecule has 0 aliphatic carbocycles. The number of nitrogens with zero attached hydrogens (tertiary/aromatic N) is 1. The first-order valence-electron chi connectivity index (χ1n) is 5.43. The van der Waals surface area contributed by atoms with Gasteiger partial charge in [0.15, 0.2) is 0 Å². The Kier molecular flexibility index (Phi) is 4.06. The van der Waals surface area contributed by atoms with E-state index in [1.807, 2.05) is 12.3 Å². The Morgan fingerprint density at radius 3 is 2.67 bits per heavy atom. The van der Waals surface area contributed by atoms with Crippen LogP contribution in [0.2, 0.25) is 0 Å². The highest BCUT2D eigenvalue weighted by Gasteiger charge is 2.16. The molecule has 1 aromatic heterocycles. The summed E-state index contributed by atoms with van der Waals surface area (Å²) in [6.45, 7) is 1.92. The lowest BCUT2D eigenvalue weighted by molar-refractivity contribution is -0.108. The Hall–Kier alpha value is -1.30. The summed E-state index contributed by atoms with van der Waals surface area (Å²) < 4.78 is 24.0. The highest BCUT2D eigenvalue weighted by Crippen LogP contribution is 2.29. The van der Waals surface area contributed by atoms with Crippen LogP contribution in [0.4, 0.5) is 4.39 Å². The van der Waals surface area contributed by atoms with Gasteiger partial charge in [-0.1, -0.05) is 11.6 Å². The van der Waals surface area contributed by atoms with Crippen molar-refractivity contribution in [2.24, 2.45) is 0 Å². The quantitative estimate of drug-likeness (QED) is 0.794. The van der Waals surface area contributed by atoms with E-state index in [2.05, 4.69) is 4.98 Å². The zero-order valence-electron chi connectivity index (χ0n) is 10.4. The molecule has 0 spiro atoms. The second-order valence-electron chi connectivity index (χ2n) is 3.86. The van der Waals surface area contributed by atoms with Crippen LogP contribution in [0.15, 0.2) is 23.6 Å². The average Bonchev–Trinajstić information content (AvgIpc) is 2.83. The van der Waals surface area contributed by atoms with Crippen molar-refractivity contribution in [1.82, 2.24) is 4.98 Å². The average molecular weight is 267 g/mol. The highest BCUT2D eigenvalue weighted by molar-refractivity contribution is 7.13. The van der Waals surface area contributed by atoms with Gasteiger partial charge < -0.3 is 9.47 Å². The lowest BCUT2D eigenvalue weighted by Gasteiger charge is -2.09. The molecule has 0 saturated heterocycles. The maximum Gasteiger partial charge on any atom is 0.201 e. The number of aromatic nitrogens is 1. The molecule has 2 rings (SSSR count). The molecule has 0 N–H and O–H groups in total. The molecule has 0 bridgehead atoms. The fourth-order valence-corrected chi connectivity index (χ4v) is 2.50. The fraction of sp³-hybridized carbons (Fsp3) is 0.308. The van der Waals surface area contributed by atoms with Crippen molar-refractivity contribution in [2.75, 3.05) is 14.2 Å². The Bertz CT molecular complexity index is 538. The number of benzene rings is 1. The monoisotopic (exact) mass is 267 g/mol. The van der Waals surface area contributed by atoms with E-state index in [-0.39, 0.29) is 5.82 Å². The molecule has 18 heavy (non-hydrogen) atoms. The largest absolute Gasteiger partial charge is 0.350 e. The first-order chi connectivity index (χ1) is 8.65. The van der Waals surface area contributed by atoms with E-state index in [1.165, 1.54) is 17.4 Å². The third-order valence-electron chi connectivity index (χ3n) is 2.54. The van der Waals surface area contributed by atoms with Crippen molar-refractivity contribution in [1.29, 1.82) is 0 Å². The SMILES string of the molecule is COC(OC)c1csc(-c2cc(C)ccc2F)n1. The molecule has 0 unspecified atom stereocenters. The molecule has 0 radical (unpaired) electrons. The topological polar surface area (TPSA) is 31.4 Å². The minimum atomic E-state index is -0.511. The van der Waals surface area contributed by atoms with Gasteiger partial charge in [-0.25, -0.2) is 9.37 Å². The number of hydrogen-bond acceptors (Lipinski definition) is 4. The minimum Gasteiger partial charge on any atom is -0.350 e. The van der Waals surface area contributed by atoms with Gasteiger partial charge >= 0.3 is 0 Å². The van der Waals surface area contributed by atoms with Crippen LogP contribution in [0.3, 0.4) is 0 Å². The molecule has 0 aliphatic heterocycles. The van der Waals surface area contributed by atoms with Crippen LogP contribution in [-0.2, 0) is 9.47 Å². The minimum absolute atomic E-state index is 0.270. The van der Waals surface area contributed by atoms with Gasteiger partial charge in [-0.3, -0.25) is 0 Å². The predicted octanol–water partition coefficient (Wildman–Crippen LogP) is 3.55. The number of hydrogen-bond donors (Lipinski definition) is 0. The number of methoxy groups -OCH3 is 2. The number of ether oxygens (including phenoxy) is 2. The molecule has 5 heteroatoms. The summed E-state index contributed by atoms with van der Waals surface area (Å²) in [6.07, 6.45) is -0.511. The number of halogens is 1. The third kappa shape index (κ3) is 2.58. The zero-order chi connectivity index (χ0) is 13.1. The van der Waals surface area contributed by atoms with Crippen molar-refractivity contribution in [3.63, 3.8) is 0 Å². The van der Waals surface area contributed by atoms with Crippen LogP contribution in [0, 0.1) is 12.7 Å². The van der Waals surface area contributed by atoms with Gasteiger partial charge in [0.05, 0.1) is 0 Å². The van der Waals surface area contributed by atoms with Crippen LogP contribution >= 0.6 is 11.3 Å². The molecule has 0 amide bonds. The van der Waals surface area contributed by atoms with Crippen molar-refractivity contribution in [3.05, 3.63) is 40.7 Å². The molecule has 0 atom stereocenters. The number of thiazole rings is 1. The molecule has 0 fully saturated rings. The van der Waals surface area contributed by atoms with E-state index in [0.29, 0.717) is 16.3 Å². The van der Waals surface area contributed by atoms with E-state index in [0.717, 1.165) is 5.56 Å². The smallest absolute Gasteiger partial charge is 0.201 e. The number of aryl methyl sites for hydroxylation is 1. The molecule has 0 aliphatic rings. The van der Waals surface area contributed by atoms with Crippen molar-refractivity contribution in [3.8, 4) is 10.6 Å². The molecular weight excluding hydrogens is 253 g/mol. The van der Waals surface area contributed by atoms with E-state index >= 15 is 0 Å². The van der Waals surface area contributed by atoms with Crippen molar-refractivity contribution >= 4 is 11.3 Å². The third-order valence-corrected chi connectivity index (χ3v) is 3.44. The summed E-state index contributed by atoms with van der Waals surface area (Å²) in [5, 5.41) is 2.44. The summed E-state index contributed by atoms with van der Waals surface area (Å²) in [5.74, 6) is -0.270. The molecule has 1 heterocycles. The molecule has 2 aromatic rings. The van der Waals surface area contributed by atoms with Gasteiger partial charge in [-0.2, -0.15) is 0 Å². The van der Waals surface area contributed by atoms with Crippen LogP contribution in [0.25, 0.3) is 10.6 Å². The molecule has 0 saturated carbocycles. The van der Waals surface area contributed by atoms with E-state index in [1.54, 1.807) is 26.4 Å². The maximum atomic E-state index is 13.7. The van der Waals surface area contributed by atoms with Crippen LogP contribution < -0.4 is 0 Å². The van der Waals surface area contributed by atoms with Crippen LogP contribution in [0.1, 0.15) is 17.5 Å². The van der Waals surface area contributed by atoms with Crippen LogP contribution in [-0.4, -0.2) is 19.2 Å². The van der Waals surface area contributed by atoms with Gasteiger partial charge in [0.1, 0.15) is 16.5 Å². The van der Waals surface area contributed by atoms with E-state index in [4.69, 9.17) is 9.47 Å². The van der Waals surface area contributed by atoms with Crippen molar-refractivity contribution in [2.45, 2.75) is 13.2 Å². The maximum absolute atomic E-state index is 13.7. The Morgan fingerprint density at radius 2 is 2.00 bits per heavy atom. The normalized spacial score (nSPS) is 11.2. The first-order valence-corrected chi connectivity index (χ1v) is 6.31. The Labute approximate surface area is 109 Å². The Balaban J connectivity index is 2.37. The summed E-state index contributed by atoms with van der Waals surface area (Å²) in [4.78, 5) is 4.35. The number of rotatable bonds is 4. The van der Waals surface area contributed by atoms with E-state index < -0.39 is 6.29 Å². The van der Waals surface area contributed by atoms with Crippen molar-refractivity contribution < 1.29 is 13.9 Å². The van der Waals surface area contributed by atoms with Gasteiger partial charge in [-0.05, 0) is 19.1 Å². The van der Waals surface area contributed by atoms with Gasteiger partial charge in [0, 0.05) is 25.2 Å². The lowest BCUT2D eigenvalue weighted by Crippen LogP contribution is -2.03. The van der Waals surface area contributed by atoms with E-state index in [9.17, 15) is 4.39 Å². The molecular formula is C13H14FNO2S. The first kappa shape index (κ1) is 13.1. The van der Waals surface area contributed by atoms with Gasteiger partial charge in [-0.15, -0.1) is 11.3 Å². The molecule has 96 valence electrons. The second kappa shape index (κ2) is 5.56. The molecule has 1 aromatic carbocycles. The Morgan fingerprint density at radius 1 is 1.28 bits per heavy atom. The fourth-order valence-electron chi connectivity index (χ4n) is 1.66. The second-order valence-corrected chi connectivity index (χ2v) is 4.72. The van der Waals surface area contributed by atoms with Crippen LogP contribution in [0.5, 0.6) is 0 Å². The summed E-state index contributed by atoms with van der Waals surface area (Å²) in [6, 6.07) is 4.98. The standard InChI is InChI=1S/C13H14FNO2S/c1-8-4-5-10(14)9(6-8)12-15-11(7-18-12)13(16-2)17-3/h4-7,13H,1-3H3. The molecule has 3 nitrogen and oxygen atoms in total. The highest BCUT2D eigenvalue weighted by atomic mass is 32.1. The summed E-state index contributed by atoms with van der Waals surface area (Å²) in [7, 11) is 3.08. The van der Waals surface area contributed by atoms with Gasteiger partial charge in [0.2, 0.25) is 6.29 Å².